The molecule has 2 amide bonds. The van der Waals surface area contributed by atoms with Crippen LogP contribution in [-0.2, 0) is 19.2 Å². The van der Waals surface area contributed by atoms with E-state index < -0.39 is 41.8 Å². The van der Waals surface area contributed by atoms with Crippen LogP contribution in [0.25, 0.3) is 0 Å². The number of oxime groups is 1. The second-order valence-electron chi connectivity index (χ2n) is 5.39. The Morgan fingerprint density at radius 1 is 1.54 bits per heavy atom. The fraction of sp³-hybridized carbons (Fsp3) is 0.385. The van der Waals surface area contributed by atoms with E-state index in [1.54, 1.807) is 0 Å². The molecule has 2 aliphatic rings. The zero-order valence-electron chi connectivity index (χ0n) is 13.8. The van der Waals surface area contributed by atoms with Gasteiger partial charge in [0.1, 0.15) is 17.1 Å². The molecule has 0 unspecified atom stereocenters. The van der Waals surface area contributed by atoms with Gasteiger partial charge in [0.15, 0.2) is 5.13 Å². The molecule has 1 aromatic rings. The van der Waals surface area contributed by atoms with Gasteiger partial charge in [0.2, 0.25) is 11.5 Å². The molecule has 2 aliphatic heterocycles. The van der Waals surface area contributed by atoms with Crippen LogP contribution in [-0.4, -0.2) is 71.3 Å². The minimum absolute atomic E-state index is 0.0581. The minimum atomic E-state index is -1.28. The monoisotopic (exact) mass is 542 g/mol. The fourth-order valence-electron chi connectivity index (χ4n) is 2.60. The van der Waals surface area contributed by atoms with Crippen molar-refractivity contribution in [1.82, 2.24) is 19.6 Å². The number of fused-ring (bicyclic) bond motifs is 1. The molecule has 11 nitrogen and oxygen atoms in total. The zero-order valence-corrected chi connectivity index (χ0v) is 17.6. The number of nitrogen functional groups attached to an aromatic ring is 1. The number of carboxylic acids is 1. The van der Waals surface area contributed by atoms with E-state index in [0.29, 0.717) is 15.8 Å². The van der Waals surface area contributed by atoms with Crippen LogP contribution in [0.1, 0.15) is 5.82 Å². The van der Waals surface area contributed by atoms with E-state index in [2.05, 4.69) is 24.7 Å². The van der Waals surface area contributed by atoms with Crippen LogP contribution in [0.2, 0.25) is 0 Å². The molecule has 2 atom stereocenters. The smallest absolute Gasteiger partial charge is 0.352 e. The van der Waals surface area contributed by atoms with E-state index in [0.717, 1.165) is 16.4 Å². The number of rotatable bonds is 7. The Balaban J connectivity index is 1.79. The van der Waals surface area contributed by atoms with E-state index in [1.165, 1.54) is 11.8 Å². The molecule has 1 saturated heterocycles. The second-order valence-corrected chi connectivity index (χ2v) is 8.04. The van der Waals surface area contributed by atoms with Gasteiger partial charge in [-0.2, -0.15) is 9.36 Å². The van der Waals surface area contributed by atoms with Gasteiger partial charge in [-0.3, -0.25) is 14.5 Å². The lowest BCUT2D eigenvalue weighted by Crippen LogP contribution is -2.71. The zero-order chi connectivity index (χ0) is 20.4. The number of nitrogens with two attached hydrogens (primary N) is 1. The summed E-state index contributed by atoms with van der Waals surface area (Å²) in [7, 11) is 0. The van der Waals surface area contributed by atoms with Gasteiger partial charge in [-0.05, 0) is 5.57 Å². The highest BCUT2D eigenvalue weighted by molar-refractivity contribution is 14.1. The summed E-state index contributed by atoms with van der Waals surface area (Å²) < 4.78 is 16.6. The van der Waals surface area contributed by atoms with Crippen LogP contribution in [0, 0.1) is 0 Å². The van der Waals surface area contributed by atoms with Crippen LogP contribution in [0.15, 0.2) is 16.4 Å². The van der Waals surface area contributed by atoms with E-state index in [9.17, 15) is 23.9 Å². The molecule has 0 aromatic carbocycles. The van der Waals surface area contributed by atoms with Crippen LogP contribution in [0.4, 0.5) is 9.52 Å². The van der Waals surface area contributed by atoms with Gasteiger partial charge in [-0.1, -0.05) is 27.7 Å². The Kier molecular flexibility index (Phi) is 6.33. The molecule has 0 radical (unpaired) electrons. The molecule has 4 N–H and O–H groups in total. The molecule has 15 heteroatoms. The fourth-order valence-corrected chi connectivity index (χ4v) is 5.38. The van der Waals surface area contributed by atoms with Crippen molar-refractivity contribution < 1.29 is 28.7 Å². The molecular formula is C13H12FIN6O5S2. The molecule has 3 heterocycles. The molecule has 3 rings (SSSR count). The largest absolute Gasteiger partial charge is 0.477 e. The summed E-state index contributed by atoms with van der Waals surface area (Å²) in [6.45, 7) is -1.28. The highest BCUT2D eigenvalue weighted by Crippen LogP contribution is 2.40. The Morgan fingerprint density at radius 3 is 2.86 bits per heavy atom. The highest BCUT2D eigenvalue weighted by atomic mass is 127. The number of thioether (sulfide) groups is 1. The predicted octanol–water partition coefficient (Wildman–Crippen LogP) is -0.0584. The normalized spacial score (nSPS) is 21.9. The third kappa shape index (κ3) is 3.77. The average Bonchev–Trinajstić information content (AvgIpc) is 3.10. The summed E-state index contributed by atoms with van der Waals surface area (Å²) in [6, 6.07) is -0.978. The summed E-state index contributed by atoms with van der Waals surface area (Å²) in [6.07, 6.45) is 0. The quantitative estimate of drug-likeness (QED) is 0.141. The number of carbonyl (C=O) groups is 3. The van der Waals surface area contributed by atoms with Crippen LogP contribution < -0.4 is 11.1 Å². The summed E-state index contributed by atoms with van der Waals surface area (Å²) in [4.78, 5) is 45.8. The number of carboxylic acid groups (broad SMARTS) is 1. The Bertz CT molecular complexity index is 893. The second kappa shape index (κ2) is 8.56. The number of aliphatic carboxylic acids is 1. The van der Waals surface area contributed by atoms with Crippen molar-refractivity contribution in [3.05, 3.63) is 17.1 Å². The van der Waals surface area contributed by atoms with Gasteiger partial charge >= 0.3 is 5.97 Å². The van der Waals surface area contributed by atoms with Crippen molar-refractivity contribution in [1.29, 1.82) is 0 Å². The standard InChI is InChI=1S/C13H12FIN6O5S2/c14-3-26-19-5(8-18-13(16)28-20-8)9(22)17-6-10(23)21-7(12(24)25)4(1-15)2-27-11(6)21/h6,11H,1-3H2,(H,17,22)(H,24,25)(H2,16,18,20)/t6-,11-/m1/s1. The van der Waals surface area contributed by atoms with Crippen LogP contribution >= 0.6 is 45.9 Å². The number of halogens is 2. The number of β-lactam (4-membered cyclic amide) rings is 1. The van der Waals surface area contributed by atoms with Crippen LogP contribution in [0.5, 0.6) is 0 Å². The van der Waals surface area contributed by atoms with E-state index in [-0.39, 0.29) is 16.7 Å². The number of alkyl halides is 2. The number of hydrogen-bond donors (Lipinski definition) is 3. The van der Waals surface area contributed by atoms with Crippen LogP contribution in [0.3, 0.4) is 0 Å². The summed E-state index contributed by atoms with van der Waals surface area (Å²) in [5.74, 6) is -2.39. The number of amides is 2. The maximum atomic E-state index is 12.5. The van der Waals surface area contributed by atoms with Crippen molar-refractivity contribution in [2.24, 2.45) is 5.16 Å². The third-order valence-electron chi connectivity index (χ3n) is 3.77. The molecule has 28 heavy (non-hydrogen) atoms. The van der Waals surface area contributed by atoms with E-state index in [1.807, 2.05) is 22.6 Å². The lowest BCUT2D eigenvalue weighted by Gasteiger charge is -2.49. The van der Waals surface area contributed by atoms with Gasteiger partial charge in [-0.25, -0.2) is 9.18 Å². The maximum absolute atomic E-state index is 12.5. The molecular weight excluding hydrogens is 530 g/mol. The topological polar surface area (TPSA) is 160 Å². The lowest BCUT2D eigenvalue weighted by atomic mass is 10.0. The van der Waals surface area contributed by atoms with Gasteiger partial charge in [0.25, 0.3) is 18.7 Å². The Hall–Kier alpha value is -2.01. The van der Waals surface area contributed by atoms with Crippen molar-refractivity contribution in [2.45, 2.75) is 11.4 Å². The number of aromatic nitrogens is 2. The number of nitrogens with one attached hydrogen (secondary N) is 1. The first-order valence-electron chi connectivity index (χ1n) is 7.51. The van der Waals surface area contributed by atoms with Crippen molar-refractivity contribution in [3.63, 3.8) is 0 Å². The summed E-state index contributed by atoms with van der Waals surface area (Å²) in [5, 5.41) is 14.7. The van der Waals surface area contributed by atoms with Crippen molar-refractivity contribution >= 4 is 74.5 Å². The maximum Gasteiger partial charge on any atom is 0.352 e. The van der Waals surface area contributed by atoms with Crippen molar-refractivity contribution in [2.75, 3.05) is 22.8 Å². The van der Waals surface area contributed by atoms with Gasteiger partial charge < -0.3 is 21.0 Å². The van der Waals surface area contributed by atoms with E-state index >= 15 is 0 Å². The first kappa shape index (κ1) is 20.7. The average molecular weight is 542 g/mol. The highest BCUT2D eigenvalue weighted by Gasteiger charge is 2.54. The predicted molar refractivity (Wildman–Crippen MR) is 106 cm³/mol. The molecule has 150 valence electrons. The number of anilines is 1. The molecule has 0 bridgehead atoms. The van der Waals surface area contributed by atoms with Crippen molar-refractivity contribution in [3.8, 4) is 0 Å². The molecule has 0 spiro atoms. The Labute approximate surface area is 178 Å². The number of nitrogens with zero attached hydrogens (tertiary/aromatic N) is 4. The van der Waals surface area contributed by atoms with Gasteiger partial charge in [-0.15, -0.1) is 11.8 Å². The molecule has 1 fully saturated rings. The van der Waals surface area contributed by atoms with E-state index in [4.69, 9.17) is 5.73 Å². The minimum Gasteiger partial charge on any atom is -0.477 e. The molecule has 0 saturated carbocycles. The Morgan fingerprint density at radius 2 is 2.29 bits per heavy atom. The number of hydrogen-bond acceptors (Lipinski definition) is 10. The first-order valence-corrected chi connectivity index (χ1v) is 10.9. The van der Waals surface area contributed by atoms with Gasteiger partial charge in [0.05, 0.1) is 0 Å². The molecule has 0 aliphatic carbocycles. The lowest BCUT2D eigenvalue weighted by molar-refractivity contribution is -0.150. The third-order valence-corrected chi connectivity index (χ3v) is 6.57. The molecule has 1 aromatic heterocycles. The SMILES string of the molecule is Nc1nc(C(=NOCF)C(=O)N[C@@H]2C(=O)N3C(C(=O)O)=C(CI)CS[C@H]23)ns1. The first-order chi connectivity index (χ1) is 13.4. The van der Waals surface area contributed by atoms with Gasteiger partial charge in [0, 0.05) is 21.7 Å². The summed E-state index contributed by atoms with van der Waals surface area (Å²) >= 11 is 4.17. The summed E-state index contributed by atoms with van der Waals surface area (Å²) in [5.41, 5.74) is 5.61. The number of carbonyl (C=O) groups excluding carboxylic acids is 2.